The van der Waals surface area contributed by atoms with Gasteiger partial charge in [0, 0.05) is 24.8 Å². The van der Waals surface area contributed by atoms with Crippen LogP contribution >= 0.6 is 0 Å². The quantitative estimate of drug-likeness (QED) is 0.645. The zero-order chi connectivity index (χ0) is 21.3. The fourth-order valence-electron chi connectivity index (χ4n) is 3.34. The van der Waals surface area contributed by atoms with Crippen LogP contribution in [0.5, 0.6) is 0 Å². The van der Waals surface area contributed by atoms with Crippen molar-refractivity contribution in [3.8, 4) is 11.3 Å². The van der Waals surface area contributed by atoms with Crippen LogP contribution < -0.4 is 0 Å². The van der Waals surface area contributed by atoms with Gasteiger partial charge in [-0.1, -0.05) is 6.07 Å². The largest absolute Gasteiger partial charge is 0.334 e. The number of hydrogen-bond acceptors (Lipinski definition) is 5. The van der Waals surface area contributed by atoms with Crippen molar-refractivity contribution < 1.29 is 17.6 Å². The van der Waals surface area contributed by atoms with Crippen molar-refractivity contribution in [3.05, 3.63) is 71.9 Å². The van der Waals surface area contributed by atoms with E-state index in [4.69, 9.17) is 0 Å². The molecule has 0 bridgehead atoms. The minimum absolute atomic E-state index is 0.158. The average molecular weight is 429 g/mol. The first kappa shape index (κ1) is 20.2. The maximum absolute atomic E-state index is 13.1. The molecule has 1 fully saturated rings. The van der Waals surface area contributed by atoms with Gasteiger partial charge in [0.15, 0.2) is 0 Å². The Morgan fingerprint density at radius 1 is 1.23 bits per heavy atom. The number of carbonyl (C=O) groups excluding carboxylic acids is 1. The number of carbonyl (C=O) groups is 1. The topological polar surface area (TPSA) is 99.3 Å². The Labute approximate surface area is 173 Å². The number of amides is 1. The highest BCUT2D eigenvalue weighted by molar-refractivity contribution is 7.88. The first-order valence-electron chi connectivity index (χ1n) is 9.28. The molecule has 3 heterocycles. The van der Waals surface area contributed by atoms with Crippen molar-refractivity contribution in [1.29, 1.82) is 0 Å². The number of pyridine rings is 1. The number of aromatic amines is 1. The molecule has 10 heteroatoms. The number of aromatic nitrogens is 3. The first-order valence-corrected chi connectivity index (χ1v) is 11.1. The summed E-state index contributed by atoms with van der Waals surface area (Å²) in [4.78, 5) is 18.5. The summed E-state index contributed by atoms with van der Waals surface area (Å²) in [5.41, 5.74) is 2.16. The second kappa shape index (κ2) is 7.96. The van der Waals surface area contributed by atoms with Crippen LogP contribution in [-0.4, -0.2) is 64.1 Å². The van der Waals surface area contributed by atoms with Crippen molar-refractivity contribution in [2.24, 2.45) is 0 Å². The second-order valence-corrected chi connectivity index (χ2v) is 9.10. The number of sulfonamides is 1. The van der Waals surface area contributed by atoms with Crippen LogP contribution in [-0.2, 0) is 16.6 Å². The summed E-state index contributed by atoms with van der Waals surface area (Å²) >= 11 is 0. The lowest BCUT2D eigenvalue weighted by Gasteiger charge is -2.43. The van der Waals surface area contributed by atoms with Gasteiger partial charge in [-0.25, -0.2) is 12.8 Å². The molecule has 1 amide bonds. The molecule has 156 valence electrons. The summed E-state index contributed by atoms with van der Waals surface area (Å²) in [6.45, 7) is 0.721. The Balaban J connectivity index is 1.42. The number of likely N-dealkylation sites (tertiary alicyclic amines) is 1. The summed E-state index contributed by atoms with van der Waals surface area (Å²) in [7, 11) is -3.47. The summed E-state index contributed by atoms with van der Waals surface area (Å²) in [5.74, 6) is -0.614. The van der Waals surface area contributed by atoms with Crippen molar-refractivity contribution in [2.75, 3.05) is 19.3 Å². The summed E-state index contributed by atoms with van der Waals surface area (Å²) < 4.78 is 39.0. The minimum Gasteiger partial charge on any atom is -0.334 e. The molecule has 1 aliphatic heterocycles. The van der Waals surface area contributed by atoms with Gasteiger partial charge in [0.25, 0.3) is 5.91 Å². The van der Waals surface area contributed by atoms with Gasteiger partial charge in [-0.2, -0.15) is 9.40 Å². The van der Waals surface area contributed by atoms with Crippen molar-refractivity contribution >= 4 is 15.9 Å². The number of H-pyrrole nitrogens is 1. The van der Waals surface area contributed by atoms with Crippen LogP contribution in [0, 0.1) is 5.82 Å². The van der Waals surface area contributed by atoms with Gasteiger partial charge in [0.05, 0.1) is 30.2 Å². The summed E-state index contributed by atoms with van der Waals surface area (Å²) in [6.07, 6.45) is 2.77. The van der Waals surface area contributed by atoms with E-state index < -0.39 is 10.0 Å². The molecule has 1 saturated heterocycles. The second-order valence-electron chi connectivity index (χ2n) is 7.17. The van der Waals surface area contributed by atoms with Gasteiger partial charge in [0.2, 0.25) is 10.0 Å². The monoisotopic (exact) mass is 429 g/mol. The van der Waals surface area contributed by atoms with E-state index in [-0.39, 0.29) is 37.4 Å². The molecule has 2 aromatic heterocycles. The third kappa shape index (κ3) is 4.24. The number of benzene rings is 1. The van der Waals surface area contributed by atoms with E-state index >= 15 is 0 Å². The van der Waals surface area contributed by atoms with Crippen LogP contribution in [0.2, 0.25) is 0 Å². The SMILES string of the molecule is CS(=O)(=O)N(Cc1ccccn1)C1CN(C(=O)c2cc(-c3ccc(F)cc3)n[nH]2)C1. The van der Waals surface area contributed by atoms with Crippen LogP contribution in [0.1, 0.15) is 16.2 Å². The fourth-order valence-corrected chi connectivity index (χ4v) is 4.38. The van der Waals surface area contributed by atoms with E-state index in [9.17, 15) is 17.6 Å². The van der Waals surface area contributed by atoms with Crippen molar-refractivity contribution in [3.63, 3.8) is 0 Å². The maximum Gasteiger partial charge on any atom is 0.271 e. The molecule has 0 atom stereocenters. The predicted molar refractivity (Wildman–Crippen MR) is 108 cm³/mol. The van der Waals surface area contributed by atoms with E-state index in [1.165, 1.54) is 16.4 Å². The van der Waals surface area contributed by atoms with E-state index in [0.29, 0.717) is 22.6 Å². The molecule has 0 unspecified atom stereocenters. The molecule has 0 aliphatic carbocycles. The molecule has 0 saturated carbocycles. The van der Waals surface area contributed by atoms with Gasteiger partial charge < -0.3 is 4.90 Å². The summed E-state index contributed by atoms with van der Waals surface area (Å²) in [5, 5.41) is 6.82. The highest BCUT2D eigenvalue weighted by atomic mass is 32.2. The molecule has 1 aliphatic rings. The fraction of sp³-hybridized carbons (Fsp3) is 0.250. The third-order valence-corrected chi connectivity index (χ3v) is 6.25. The zero-order valence-corrected chi connectivity index (χ0v) is 17.0. The molecule has 4 rings (SSSR count). The van der Waals surface area contributed by atoms with Gasteiger partial charge in [-0.3, -0.25) is 14.9 Å². The van der Waals surface area contributed by atoms with E-state index in [0.717, 1.165) is 6.26 Å². The van der Waals surface area contributed by atoms with Gasteiger partial charge in [0.1, 0.15) is 11.5 Å². The normalized spacial score (nSPS) is 14.7. The highest BCUT2D eigenvalue weighted by Gasteiger charge is 2.39. The van der Waals surface area contributed by atoms with E-state index in [1.807, 2.05) is 0 Å². The highest BCUT2D eigenvalue weighted by Crippen LogP contribution is 2.23. The molecular formula is C20H20FN5O3S. The Morgan fingerprint density at radius 3 is 2.60 bits per heavy atom. The zero-order valence-electron chi connectivity index (χ0n) is 16.2. The third-order valence-electron chi connectivity index (χ3n) is 4.97. The van der Waals surface area contributed by atoms with Crippen molar-refractivity contribution in [2.45, 2.75) is 12.6 Å². The van der Waals surface area contributed by atoms with Gasteiger partial charge in [-0.15, -0.1) is 0 Å². The lowest BCUT2D eigenvalue weighted by molar-refractivity contribution is 0.0436. The minimum atomic E-state index is -3.47. The van der Waals surface area contributed by atoms with Crippen LogP contribution in [0.3, 0.4) is 0 Å². The smallest absolute Gasteiger partial charge is 0.271 e. The number of nitrogens with one attached hydrogen (secondary N) is 1. The predicted octanol–water partition coefficient (Wildman–Crippen LogP) is 1.90. The number of nitrogens with zero attached hydrogens (tertiary/aromatic N) is 4. The lowest BCUT2D eigenvalue weighted by atomic mass is 10.1. The molecular weight excluding hydrogens is 409 g/mol. The molecule has 1 aromatic carbocycles. The van der Waals surface area contributed by atoms with E-state index in [1.54, 1.807) is 47.5 Å². The summed E-state index contributed by atoms with van der Waals surface area (Å²) in [6, 6.07) is 12.4. The lowest BCUT2D eigenvalue weighted by Crippen LogP contribution is -2.61. The molecule has 0 spiro atoms. The maximum atomic E-state index is 13.1. The molecule has 1 N–H and O–H groups in total. The molecule has 0 radical (unpaired) electrons. The molecule has 8 nitrogen and oxygen atoms in total. The van der Waals surface area contributed by atoms with Crippen LogP contribution in [0.25, 0.3) is 11.3 Å². The number of rotatable bonds is 6. The van der Waals surface area contributed by atoms with Gasteiger partial charge in [-0.05, 0) is 42.5 Å². The average Bonchev–Trinajstić information content (AvgIpc) is 3.17. The molecule has 30 heavy (non-hydrogen) atoms. The molecule has 3 aromatic rings. The Bertz CT molecular complexity index is 1140. The standard InChI is InChI=1S/C20H20FN5O3S/c1-30(28,29)26(11-16-4-2-3-9-22-16)17-12-25(13-17)20(27)19-10-18(23-24-19)14-5-7-15(21)8-6-14/h2-10,17H,11-13H2,1H3,(H,23,24). The number of hydrogen-bond donors (Lipinski definition) is 1. The van der Waals surface area contributed by atoms with E-state index in [2.05, 4.69) is 15.2 Å². The Morgan fingerprint density at radius 2 is 1.97 bits per heavy atom. The Kier molecular flexibility index (Phi) is 5.35. The first-order chi connectivity index (χ1) is 14.3. The van der Waals surface area contributed by atoms with Gasteiger partial charge >= 0.3 is 0 Å². The van der Waals surface area contributed by atoms with Crippen LogP contribution in [0.15, 0.2) is 54.7 Å². The number of halogens is 1. The van der Waals surface area contributed by atoms with Crippen LogP contribution in [0.4, 0.5) is 4.39 Å². The van der Waals surface area contributed by atoms with Crippen molar-refractivity contribution in [1.82, 2.24) is 24.4 Å². The Hall–Kier alpha value is -3.11.